The van der Waals surface area contributed by atoms with Crippen LogP contribution >= 0.6 is 11.8 Å². The third-order valence-corrected chi connectivity index (χ3v) is 3.45. The van der Waals surface area contributed by atoms with Gasteiger partial charge < -0.3 is 11.1 Å². The van der Waals surface area contributed by atoms with Crippen molar-refractivity contribution < 1.29 is 9.18 Å². The minimum atomic E-state index is -0.512. The fourth-order valence-electron chi connectivity index (χ4n) is 1.45. The van der Waals surface area contributed by atoms with Crippen molar-refractivity contribution in [3.8, 4) is 0 Å². The van der Waals surface area contributed by atoms with Gasteiger partial charge in [-0.1, -0.05) is 11.8 Å². The van der Waals surface area contributed by atoms with Crippen LogP contribution in [0.2, 0.25) is 0 Å². The molecule has 0 aliphatic carbocycles. The SMILES string of the molecule is Cc1nc(SC(C)C(=O)Nc2ccc(F)c(N)c2)n[nH]1. The Morgan fingerprint density at radius 2 is 2.30 bits per heavy atom. The highest BCUT2D eigenvalue weighted by Gasteiger charge is 2.17. The Morgan fingerprint density at radius 1 is 1.55 bits per heavy atom. The van der Waals surface area contributed by atoms with E-state index in [1.165, 1.54) is 30.0 Å². The van der Waals surface area contributed by atoms with Crippen molar-refractivity contribution in [1.82, 2.24) is 15.2 Å². The summed E-state index contributed by atoms with van der Waals surface area (Å²) in [4.78, 5) is 16.1. The minimum absolute atomic E-state index is 0.00676. The van der Waals surface area contributed by atoms with Crippen LogP contribution in [-0.4, -0.2) is 26.3 Å². The van der Waals surface area contributed by atoms with Crippen molar-refractivity contribution in [3.05, 3.63) is 29.8 Å². The molecule has 0 aliphatic rings. The van der Waals surface area contributed by atoms with E-state index in [0.717, 1.165) is 0 Å². The zero-order valence-electron chi connectivity index (χ0n) is 11.0. The number of H-pyrrole nitrogens is 1. The Bertz CT molecular complexity index is 630. The molecule has 106 valence electrons. The van der Waals surface area contributed by atoms with Gasteiger partial charge in [0.1, 0.15) is 11.6 Å². The quantitative estimate of drug-likeness (QED) is 0.592. The number of anilines is 2. The van der Waals surface area contributed by atoms with Gasteiger partial charge in [0.05, 0.1) is 10.9 Å². The third kappa shape index (κ3) is 3.47. The number of nitrogen functional groups attached to an aromatic ring is 1. The predicted molar refractivity (Wildman–Crippen MR) is 75.9 cm³/mol. The zero-order valence-corrected chi connectivity index (χ0v) is 11.8. The van der Waals surface area contributed by atoms with Crippen LogP contribution < -0.4 is 11.1 Å². The molecule has 8 heteroatoms. The number of aromatic amines is 1. The Labute approximate surface area is 119 Å². The van der Waals surface area contributed by atoms with Gasteiger partial charge in [0.2, 0.25) is 11.1 Å². The maximum Gasteiger partial charge on any atom is 0.237 e. The molecule has 0 fully saturated rings. The second-order valence-corrected chi connectivity index (χ2v) is 5.50. The molecule has 4 N–H and O–H groups in total. The summed E-state index contributed by atoms with van der Waals surface area (Å²) in [6.45, 7) is 3.52. The van der Waals surface area contributed by atoms with Crippen molar-refractivity contribution in [2.75, 3.05) is 11.1 Å². The van der Waals surface area contributed by atoms with Crippen LogP contribution in [0.3, 0.4) is 0 Å². The smallest absolute Gasteiger partial charge is 0.237 e. The molecule has 2 aromatic rings. The lowest BCUT2D eigenvalue weighted by molar-refractivity contribution is -0.115. The van der Waals surface area contributed by atoms with Crippen LogP contribution in [0.4, 0.5) is 15.8 Å². The lowest BCUT2D eigenvalue weighted by Crippen LogP contribution is -2.22. The molecule has 0 bridgehead atoms. The van der Waals surface area contributed by atoms with Crippen LogP contribution in [0.25, 0.3) is 0 Å². The number of aryl methyl sites for hydroxylation is 1. The number of rotatable bonds is 4. The number of nitrogens with one attached hydrogen (secondary N) is 2. The summed E-state index contributed by atoms with van der Waals surface area (Å²) in [7, 11) is 0. The maximum atomic E-state index is 13.0. The predicted octanol–water partition coefficient (Wildman–Crippen LogP) is 1.95. The molecule has 0 saturated heterocycles. The minimum Gasteiger partial charge on any atom is -0.396 e. The van der Waals surface area contributed by atoms with Gasteiger partial charge in [-0.15, -0.1) is 5.10 Å². The number of amides is 1. The van der Waals surface area contributed by atoms with E-state index in [1.54, 1.807) is 13.8 Å². The molecule has 1 amide bonds. The van der Waals surface area contributed by atoms with E-state index >= 15 is 0 Å². The number of nitrogens with zero attached hydrogens (tertiary/aromatic N) is 2. The fourth-order valence-corrected chi connectivity index (χ4v) is 2.22. The van der Waals surface area contributed by atoms with Crippen molar-refractivity contribution in [2.45, 2.75) is 24.3 Å². The van der Waals surface area contributed by atoms with Crippen molar-refractivity contribution in [1.29, 1.82) is 0 Å². The molecule has 0 saturated carbocycles. The molecule has 2 rings (SSSR count). The number of hydrogen-bond donors (Lipinski definition) is 3. The summed E-state index contributed by atoms with van der Waals surface area (Å²) in [5.41, 5.74) is 5.89. The molecule has 1 heterocycles. The van der Waals surface area contributed by atoms with Gasteiger partial charge >= 0.3 is 0 Å². The zero-order chi connectivity index (χ0) is 14.7. The monoisotopic (exact) mass is 295 g/mol. The first-order valence-electron chi connectivity index (χ1n) is 5.87. The number of carbonyl (C=O) groups is 1. The average Bonchev–Trinajstić information content (AvgIpc) is 2.79. The molecule has 1 unspecified atom stereocenters. The molecule has 0 spiro atoms. The molecule has 6 nitrogen and oxygen atoms in total. The Morgan fingerprint density at radius 3 is 2.90 bits per heavy atom. The first-order valence-corrected chi connectivity index (χ1v) is 6.75. The van der Waals surface area contributed by atoms with Crippen molar-refractivity contribution >= 4 is 29.0 Å². The number of aromatic nitrogens is 3. The Balaban J connectivity index is 1.98. The Kier molecular flexibility index (Phi) is 4.23. The van der Waals surface area contributed by atoms with Crippen LogP contribution in [0.1, 0.15) is 12.7 Å². The average molecular weight is 295 g/mol. The lowest BCUT2D eigenvalue weighted by atomic mass is 10.2. The van der Waals surface area contributed by atoms with Gasteiger partial charge in [-0.05, 0) is 32.0 Å². The van der Waals surface area contributed by atoms with Gasteiger partial charge in [-0.2, -0.15) is 0 Å². The van der Waals surface area contributed by atoms with Crippen LogP contribution in [0.15, 0.2) is 23.4 Å². The van der Waals surface area contributed by atoms with Gasteiger partial charge in [0, 0.05) is 5.69 Å². The van der Waals surface area contributed by atoms with Gasteiger partial charge in [0.15, 0.2) is 0 Å². The van der Waals surface area contributed by atoms with Crippen molar-refractivity contribution in [3.63, 3.8) is 0 Å². The summed E-state index contributed by atoms with van der Waals surface area (Å²) >= 11 is 1.23. The van der Waals surface area contributed by atoms with E-state index in [4.69, 9.17) is 5.73 Å². The molecular formula is C12H14FN5OS. The van der Waals surface area contributed by atoms with E-state index in [1.807, 2.05) is 0 Å². The normalized spacial score (nSPS) is 12.2. The number of thioether (sulfide) groups is 1. The summed E-state index contributed by atoms with van der Waals surface area (Å²) in [6, 6.07) is 4.04. The lowest BCUT2D eigenvalue weighted by Gasteiger charge is -2.10. The van der Waals surface area contributed by atoms with Crippen LogP contribution in [0, 0.1) is 12.7 Å². The first kappa shape index (κ1) is 14.3. The molecule has 1 atom stereocenters. The highest BCUT2D eigenvalue weighted by atomic mass is 32.2. The first-order chi connectivity index (χ1) is 9.45. The number of nitrogens with two attached hydrogens (primary N) is 1. The number of carbonyl (C=O) groups excluding carboxylic acids is 1. The highest BCUT2D eigenvalue weighted by Crippen LogP contribution is 2.21. The molecule has 0 aliphatic heterocycles. The van der Waals surface area contributed by atoms with Crippen LogP contribution in [-0.2, 0) is 4.79 Å². The van der Waals surface area contributed by atoms with E-state index in [0.29, 0.717) is 16.7 Å². The molecule has 1 aromatic heterocycles. The summed E-state index contributed by atoms with van der Waals surface area (Å²) in [5, 5.41) is 9.43. The molecule has 1 aromatic carbocycles. The summed E-state index contributed by atoms with van der Waals surface area (Å²) < 4.78 is 13.0. The largest absolute Gasteiger partial charge is 0.396 e. The number of benzene rings is 1. The van der Waals surface area contributed by atoms with Gasteiger partial charge in [0.25, 0.3) is 0 Å². The van der Waals surface area contributed by atoms with E-state index in [2.05, 4.69) is 20.5 Å². The fraction of sp³-hybridized carbons (Fsp3) is 0.250. The van der Waals surface area contributed by atoms with E-state index in [-0.39, 0.29) is 11.6 Å². The maximum absolute atomic E-state index is 13.0. The standard InChI is InChI=1S/C12H14FN5OS/c1-6(20-12-15-7(2)17-18-12)11(19)16-8-3-4-9(13)10(14)5-8/h3-6H,14H2,1-2H3,(H,16,19)(H,15,17,18). The molecule has 0 radical (unpaired) electrons. The summed E-state index contributed by atoms with van der Waals surface area (Å²) in [6.07, 6.45) is 0. The summed E-state index contributed by atoms with van der Waals surface area (Å²) in [5.74, 6) is -0.0588. The number of halogens is 1. The topological polar surface area (TPSA) is 96.7 Å². The van der Waals surface area contributed by atoms with Crippen LogP contribution in [0.5, 0.6) is 0 Å². The Hall–Kier alpha value is -2.09. The van der Waals surface area contributed by atoms with E-state index < -0.39 is 11.1 Å². The van der Waals surface area contributed by atoms with Crippen molar-refractivity contribution in [2.24, 2.45) is 0 Å². The second kappa shape index (κ2) is 5.91. The van der Waals surface area contributed by atoms with Gasteiger partial charge in [-0.3, -0.25) is 9.89 Å². The van der Waals surface area contributed by atoms with Gasteiger partial charge in [-0.25, -0.2) is 9.37 Å². The highest BCUT2D eigenvalue weighted by molar-refractivity contribution is 8.00. The second-order valence-electron chi connectivity index (χ2n) is 4.19. The molecule has 20 heavy (non-hydrogen) atoms. The third-order valence-electron chi connectivity index (χ3n) is 2.49. The van der Waals surface area contributed by atoms with E-state index in [9.17, 15) is 9.18 Å². The number of hydrogen-bond acceptors (Lipinski definition) is 5. The molecular weight excluding hydrogens is 281 g/mol.